The van der Waals surface area contributed by atoms with E-state index in [1.807, 2.05) is 6.92 Å². The zero-order valence-corrected chi connectivity index (χ0v) is 12.5. The van der Waals surface area contributed by atoms with Crippen LogP contribution in [0.3, 0.4) is 0 Å². The van der Waals surface area contributed by atoms with Gasteiger partial charge in [0, 0.05) is 4.70 Å². The summed E-state index contributed by atoms with van der Waals surface area (Å²) in [5.41, 5.74) is 0.956. The molecule has 1 aromatic heterocycles. The molecule has 0 aliphatic heterocycles. The Kier molecular flexibility index (Phi) is 4.54. The summed E-state index contributed by atoms with van der Waals surface area (Å²) in [7, 11) is -4.02. The zero-order chi connectivity index (χ0) is 14.6. The van der Waals surface area contributed by atoms with Crippen molar-refractivity contribution in [2.24, 2.45) is 0 Å². The molecule has 2 aromatic carbocycles. The summed E-state index contributed by atoms with van der Waals surface area (Å²) in [5.74, 6) is 0. The highest BCUT2D eigenvalue weighted by atomic mass is 32.2. The second-order valence-electron chi connectivity index (χ2n) is 4.25. The lowest BCUT2D eigenvalue weighted by molar-refractivity contribution is 0.483. The van der Waals surface area contributed by atoms with Crippen LogP contribution in [-0.4, -0.2) is 13.0 Å². The maximum absolute atomic E-state index is 10.5. The average molecular weight is 306 g/mol. The van der Waals surface area contributed by atoms with E-state index >= 15 is 0 Å². The molecule has 0 saturated heterocycles. The van der Waals surface area contributed by atoms with Crippen LogP contribution in [0.2, 0.25) is 0 Å². The Balaban J connectivity index is 0.000000149. The summed E-state index contributed by atoms with van der Waals surface area (Å²) in [4.78, 5) is -0.0666. The Morgan fingerprint density at radius 1 is 0.950 bits per heavy atom. The summed E-state index contributed by atoms with van der Waals surface area (Å²) in [6.07, 6.45) is 0. The number of aryl methyl sites for hydroxylation is 1. The van der Waals surface area contributed by atoms with Crippen LogP contribution in [0, 0.1) is 6.92 Å². The Morgan fingerprint density at radius 2 is 1.60 bits per heavy atom. The third-order valence-electron chi connectivity index (χ3n) is 2.68. The third-order valence-corrected chi connectivity index (χ3v) is 4.45. The van der Waals surface area contributed by atoms with Crippen LogP contribution in [0.25, 0.3) is 10.1 Å². The number of rotatable bonds is 1. The van der Waals surface area contributed by atoms with E-state index in [-0.39, 0.29) is 4.90 Å². The lowest BCUT2D eigenvalue weighted by Gasteiger charge is -1.95. The summed E-state index contributed by atoms with van der Waals surface area (Å²) >= 11 is 1.79. The fourth-order valence-corrected chi connectivity index (χ4v) is 2.89. The molecular weight excluding hydrogens is 292 g/mol. The third kappa shape index (κ3) is 3.90. The maximum Gasteiger partial charge on any atom is 0.294 e. The van der Waals surface area contributed by atoms with Gasteiger partial charge in [-0.1, -0.05) is 35.9 Å². The van der Waals surface area contributed by atoms with Crippen molar-refractivity contribution in [2.45, 2.75) is 11.8 Å². The molecule has 3 rings (SSSR count). The van der Waals surface area contributed by atoms with E-state index in [1.54, 1.807) is 23.5 Å². The van der Waals surface area contributed by atoms with Crippen LogP contribution in [0.4, 0.5) is 0 Å². The fraction of sp³-hybridized carbons (Fsp3) is 0.0667. The van der Waals surface area contributed by atoms with E-state index in [4.69, 9.17) is 4.55 Å². The second-order valence-corrected chi connectivity index (χ2v) is 6.62. The predicted molar refractivity (Wildman–Crippen MR) is 82.8 cm³/mol. The smallest absolute Gasteiger partial charge is 0.282 e. The molecule has 1 heterocycles. The van der Waals surface area contributed by atoms with E-state index in [1.165, 1.54) is 22.2 Å². The van der Waals surface area contributed by atoms with Gasteiger partial charge < -0.3 is 0 Å². The number of benzene rings is 2. The van der Waals surface area contributed by atoms with Crippen LogP contribution in [-0.2, 0) is 10.1 Å². The minimum atomic E-state index is -4.02. The monoisotopic (exact) mass is 306 g/mol. The Morgan fingerprint density at radius 3 is 2.20 bits per heavy atom. The highest BCUT2D eigenvalue weighted by Crippen LogP contribution is 2.18. The summed E-state index contributed by atoms with van der Waals surface area (Å²) in [5, 5.41) is 3.47. The molecule has 0 atom stereocenters. The molecule has 0 amide bonds. The molecule has 104 valence electrons. The number of fused-ring (bicyclic) bond motifs is 1. The SMILES string of the molecule is Cc1ccc(S(=O)(=O)O)cc1.c1ccc2sccc2c1. The first-order chi connectivity index (χ1) is 9.47. The molecule has 3 nitrogen and oxygen atoms in total. The van der Waals surface area contributed by atoms with Crippen LogP contribution >= 0.6 is 11.3 Å². The minimum absolute atomic E-state index is 0.0666. The van der Waals surface area contributed by atoms with Gasteiger partial charge in [-0.2, -0.15) is 8.42 Å². The van der Waals surface area contributed by atoms with Gasteiger partial charge >= 0.3 is 0 Å². The van der Waals surface area contributed by atoms with Crippen LogP contribution in [0.15, 0.2) is 64.9 Å². The average Bonchev–Trinajstić information content (AvgIpc) is 2.87. The van der Waals surface area contributed by atoms with Crippen molar-refractivity contribution < 1.29 is 13.0 Å². The minimum Gasteiger partial charge on any atom is -0.282 e. The zero-order valence-electron chi connectivity index (χ0n) is 10.9. The first-order valence-electron chi connectivity index (χ1n) is 5.93. The number of hydrogen-bond donors (Lipinski definition) is 1. The first kappa shape index (κ1) is 14.7. The van der Waals surface area contributed by atoms with Gasteiger partial charge in [0.15, 0.2) is 0 Å². The molecule has 3 aromatic rings. The molecule has 20 heavy (non-hydrogen) atoms. The first-order valence-corrected chi connectivity index (χ1v) is 8.25. The molecule has 0 radical (unpaired) electrons. The normalized spacial score (nSPS) is 10.9. The highest BCUT2D eigenvalue weighted by molar-refractivity contribution is 7.85. The van der Waals surface area contributed by atoms with Crippen molar-refractivity contribution in [1.29, 1.82) is 0 Å². The Hall–Kier alpha value is -1.69. The quantitative estimate of drug-likeness (QED) is 0.687. The van der Waals surface area contributed by atoms with Gasteiger partial charge in [0.1, 0.15) is 0 Å². The van der Waals surface area contributed by atoms with Crippen LogP contribution in [0.1, 0.15) is 5.56 Å². The lowest BCUT2D eigenvalue weighted by atomic mass is 10.2. The molecule has 0 saturated carbocycles. The molecule has 5 heteroatoms. The van der Waals surface area contributed by atoms with Gasteiger partial charge in [-0.15, -0.1) is 11.3 Å². The second kappa shape index (κ2) is 6.17. The Bertz CT molecular complexity index is 757. The lowest BCUT2D eigenvalue weighted by Crippen LogP contribution is -1.96. The Labute approximate surface area is 122 Å². The van der Waals surface area contributed by atoms with Gasteiger partial charge in [0.05, 0.1) is 4.90 Å². The topological polar surface area (TPSA) is 54.4 Å². The summed E-state index contributed by atoms with van der Waals surface area (Å²) in [6.45, 7) is 1.84. The van der Waals surface area contributed by atoms with Crippen LogP contribution < -0.4 is 0 Å². The summed E-state index contributed by atoms with van der Waals surface area (Å²) < 4.78 is 30.9. The van der Waals surface area contributed by atoms with E-state index in [2.05, 4.69) is 35.7 Å². The molecule has 0 aliphatic rings. The molecule has 0 bridgehead atoms. The van der Waals surface area contributed by atoms with Crippen molar-refractivity contribution in [1.82, 2.24) is 0 Å². The van der Waals surface area contributed by atoms with Gasteiger partial charge in [-0.25, -0.2) is 0 Å². The number of thiophene rings is 1. The highest BCUT2D eigenvalue weighted by Gasteiger charge is 2.06. The van der Waals surface area contributed by atoms with E-state index < -0.39 is 10.1 Å². The van der Waals surface area contributed by atoms with Gasteiger partial charge in [0.2, 0.25) is 0 Å². The van der Waals surface area contributed by atoms with E-state index in [0.717, 1.165) is 5.56 Å². The van der Waals surface area contributed by atoms with Gasteiger partial charge in [-0.3, -0.25) is 4.55 Å². The fourth-order valence-electron chi connectivity index (χ4n) is 1.62. The molecule has 0 unspecified atom stereocenters. The van der Waals surface area contributed by atoms with Crippen molar-refractivity contribution in [3.63, 3.8) is 0 Å². The largest absolute Gasteiger partial charge is 0.294 e. The van der Waals surface area contributed by atoms with Crippen molar-refractivity contribution >= 4 is 31.5 Å². The maximum atomic E-state index is 10.5. The van der Waals surface area contributed by atoms with Crippen molar-refractivity contribution in [3.8, 4) is 0 Å². The molecule has 0 spiro atoms. The number of hydrogen-bond acceptors (Lipinski definition) is 3. The van der Waals surface area contributed by atoms with E-state index in [0.29, 0.717) is 0 Å². The van der Waals surface area contributed by atoms with Crippen molar-refractivity contribution in [2.75, 3.05) is 0 Å². The molecule has 0 aliphatic carbocycles. The van der Waals surface area contributed by atoms with Gasteiger partial charge in [-0.05, 0) is 42.0 Å². The summed E-state index contributed by atoms with van der Waals surface area (Å²) in [6, 6.07) is 16.5. The predicted octanol–water partition coefficient (Wildman–Crippen LogP) is 4.14. The molecule has 1 N–H and O–H groups in total. The van der Waals surface area contributed by atoms with E-state index in [9.17, 15) is 8.42 Å². The standard InChI is InChI=1S/C8H6S.C7H8O3S/c1-2-4-8-7(3-1)5-6-9-8;1-6-2-4-7(5-3-6)11(8,9)10/h1-6H;2-5H,1H3,(H,8,9,10). The van der Waals surface area contributed by atoms with Crippen LogP contribution in [0.5, 0.6) is 0 Å². The van der Waals surface area contributed by atoms with Crippen molar-refractivity contribution in [3.05, 3.63) is 65.5 Å². The molecule has 0 fully saturated rings. The van der Waals surface area contributed by atoms with Gasteiger partial charge in [0.25, 0.3) is 10.1 Å². The molecular formula is C15H14O3S2.